The Bertz CT molecular complexity index is 570. The van der Waals surface area contributed by atoms with Crippen molar-refractivity contribution in [2.24, 2.45) is 5.92 Å². The Kier molecular flexibility index (Phi) is 8.03. The number of carbonyl (C=O) groups excluding carboxylic acids is 2. The highest BCUT2D eigenvalue weighted by molar-refractivity contribution is 5.97. The first-order valence-corrected chi connectivity index (χ1v) is 8.05. The minimum Gasteiger partial charge on any atom is -0.466 e. The Morgan fingerprint density at radius 3 is 2.43 bits per heavy atom. The van der Waals surface area contributed by atoms with Crippen LogP contribution in [0.4, 0.5) is 0 Å². The van der Waals surface area contributed by atoms with E-state index in [-0.39, 0.29) is 30.0 Å². The lowest BCUT2D eigenvalue weighted by Crippen LogP contribution is -2.23. The lowest BCUT2D eigenvalue weighted by atomic mass is 9.80. The van der Waals surface area contributed by atoms with Crippen LogP contribution in [0.5, 0.6) is 0 Å². The maximum absolute atomic E-state index is 12.6. The fourth-order valence-electron chi connectivity index (χ4n) is 2.55. The van der Waals surface area contributed by atoms with Crippen molar-refractivity contribution in [3.8, 4) is 0 Å². The SMILES string of the molecule is CC=CC=C(C)C(=O)C(C)C(CC(=O)OCC)c1ccccc1. The fraction of sp³-hybridized carbons (Fsp3) is 0.400. The molecule has 0 aliphatic heterocycles. The smallest absolute Gasteiger partial charge is 0.306 e. The molecule has 0 saturated carbocycles. The van der Waals surface area contributed by atoms with Crippen LogP contribution in [-0.2, 0) is 14.3 Å². The molecule has 0 N–H and O–H groups in total. The zero-order valence-electron chi connectivity index (χ0n) is 14.4. The van der Waals surface area contributed by atoms with Gasteiger partial charge < -0.3 is 4.74 Å². The van der Waals surface area contributed by atoms with Crippen LogP contribution >= 0.6 is 0 Å². The van der Waals surface area contributed by atoms with Gasteiger partial charge in [0.05, 0.1) is 13.0 Å². The predicted molar refractivity (Wildman–Crippen MR) is 93.2 cm³/mol. The first-order valence-electron chi connectivity index (χ1n) is 8.05. The summed E-state index contributed by atoms with van der Waals surface area (Å²) in [6, 6.07) is 9.69. The molecule has 23 heavy (non-hydrogen) atoms. The molecule has 0 saturated heterocycles. The minimum atomic E-state index is -0.289. The molecule has 2 unspecified atom stereocenters. The van der Waals surface area contributed by atoms with Crippen LogP contribution in [0.2, 0.25) is 0 Å². The molecular weight excluding hydrogens is 288 g/mol. The van der Waals surface area contributed by atoms with E-state index < -0.39 is 0 Å². The van der Waals surface area contributed by atoms with E-state index in [4.69, 9.17) is 4.74 Å². The van der Waals surface area contributed by atoms with Crippen LogP contribution in [-0.4, -0.2) is 18.4 Å². The second-order valence-electron chi connectivity index (χ2n) is 5.55. The Balaban J connectivity index is 3.03. The molecule has 0 aromatic heterocycles. The standard InChI is InChI=1S/C20H26O3/c1-5-7-11-15(3)20(22)16(4)18(14-19(21)23-6-2)17-12-9-8-10-13-17/h5,7-13,16,18H,6,14H2,1-4H3. The lowest BCUT2D eigenvalue weighted by Gasteiger charge is -2.23. The molecule has 0 bridgehead atoms. The summed E-state index contributed by atoms with van der Waals surface area (Å²) < 4.78 is 5.07. The van der Waals surface area contributed by atoms with Gasteiger partial charge in [-0.15, -0.1) is 0 Å². The number of hydrogen-bond donors (Lipinski definition) is 0. The van der Waals surface area contributed by atoms with E-state index in [1.165, 1.54) is 0 Å². The van der Waals surface area contributed by atoms with Gasteiger partial charge in [-0.25, -0.2) is 0 Å². The number of benzene rings is 1. The maximum atomic E-state index is 12.6. The van der Waals surface area contributed by atoms with Crippen molar-refractivity contribution in [2.75, 3.05) is 6.61 Å². The third-order valence-electron chi connectivity index (χ3n) is 3.86. The number of allylic oxidation sites excluding steroid dienone is 4. The van der Waals surface area contributed by atoms with Gasteiger partial charge in [0.2, 0.25) is 0 Å². The van der Waals surface area contributed by atoms with Crippen molar-refractivity contribution < 1.29 is 14.3 Å². The number of ether oxygens (including phenoxy) is 1. The van der Waals surface area contributed by atoms with E-state index in [9.17, 15) is 9.59 Å². The summed E-state index contributed by atoms with van der Waals surface area (Å²) >= 11 is 0. The average Bonchev–Trinajstić information content (AvgIpc) is 2.57. The number of Topliss-reactive ketones (excluding diaryl/α,β-unsaturated/α-hetero) is 1. The fourth-order valence-corrected chi connectivity index (χ4v) is 2.55. The van der Waals surface area contributed by atoms with Gasteiger partial charge in [-0.1, -0.05) is 55.5 Å². The van der Waals surface area contributed by atoms with E-state index in [0.29, 0.717) is 12.2 Å². The van der Waals surface area contributed by atoms with Crippen molar-refractivity contribution in [3.63, 3.8) is 0 Å². The summed E-state index contributed by atoms with van der Waals surface area (Å²) in [5.74, 6) is -0.683. The van der Waals surface area contributed by atoms with Crippen LogP contribution in [0.3, 0.4) is 0 Å². The van der Waals surface area contributed by atoms with Crippen molar-refractivity contribution >= 4 is 11.8 Å². The molecule has 2 atom stereocenters. The molecule has 1 rings (SSSR count). The molecule has 0 heterocycles. The van der Waals surface area contributed by atoms with Crippen molar-refractivity contribution in [1.29, 1.82) is 0 Å². The number of carbonyl (C=O) groups is 2. The molecule has 1 aromatic rings. The molecule has 3 heteroatoms. The van der Waals surface area contributed by atoms with E-state index in [1.54, 1.807) is 6.92 Å². The molecule has 0 spiro atoms. The molecule has 124 valence electrons. The first-order chi connectivity index (χ1) is 11.0. The summed E-state index contributed by atoms with van der Waals surface area (Å²) in [5, 5.41) is 0. The quantitative estimate of drug-likeness (QED) is 0.404. The van der Waals surface area contributed by atoms with Gasteiger partial charge in [-0.05, 0) is 31.9 Å². The van der Waals surface area contributed by atoms with Crippen LogP contribution in [0.25, 0.3) is 0 Å². The van der Waals surface area contributed by atoms with Crippen LogP contribution in [0.15, 0.2) is 54.1 Å². The molecule has 0 aliphatic carbocycles. The van der Waals surface area contributed by atoms with E-state index >= 15 is 0 Å². The minimum absolute atomic E-state index is 0.0567. The Morgan fingerprint density at radius 1 is 1.22 bits per heavy atom. The number of esters is 1. The number of rotatable bonds is 8. The third-order valence-corrected chi connectivity index (χ3v) is 3.86. The monoisotopic (exact) mass is 314 g/mol. The zero-order valence-corrected chi connectivity index (χ0v) is 14.4. The number of ketones is 1. The van der Waals surface area contributed by atoms with Crippen LogP contribution in [0, 0.1) is 5.92 Å². The van der Waals surface area contributed by atoms with E-state index in [1.807, 2.05) is 69.3 Å². The van der Waals surface area contributed by atoms with Gasteiger partial charge in [0.1, 0.15) is 0 Å². The van der Waals surface area contributed by atoms with Gasteiger partial charge in [-0.3, -0.25) is 9.59 Å². The molecule has 0 amide bonds. The largest absolute Gasteiger partial charge is 0.466 e. The molecule has 1 aromatic carbocycles. The first kappa shape index (κ1) is 18.9. The van der Waals surface area contributed by atoms with E-state index in [0.717, 1.165) is 5.56 Å². The highest BCUT2D eigenvalue weighted by atomic mass is 16.5. The van der Waals surface area contributed by atoms with Crippen molar-refractivity contribution in [1.82, 2.24) is 0 Å². The average molecular weight is 314 g/mol. The Hall–Kier alpha value is -2.16. The molecule has 0 fully saturated rings. The highest BCUT2D eigenvalue weighted by Crippen LogP contribution is 2.30. The second-order valence-corrected chi connectivity index (χ2v) is 5.55. The zero-order chi connectivity index (χ0) is 17.2. The van der Waals surface area contributed by atoms with Gasteiger partial charge in [0.15, 0.2) is 5.78 Å². The molecule has 0 radical (unpaired) electrons. The normalized spacial score (nSPS) is 14.5. The molecule has 3 nitrogen and oxygen atoms in total. The van der Waals surface area contributed by atoms with Crippen LogP contribution < -0.4 is 0 Å². The topological polar surface area (TPSA) is 43.4 Å². The Morgan fingerprint density at radius 2 is 1.87 bits per heavy atom. The second kappa shape index (κ2) is 9.78. The summed E-state index contributed by atoms with van der Waals surface area (Å²) in [7, 11) is 0. The maximum Gasteiger partial charge on any atom is 0.306 e. The predicted octanol–water partition coefficient (Wildman–Crippen LogP) is 4.45. The lowest BCUT2D eigenvalue weighted by molar-refractivity contribution is -0.144. The van der Waals surface area contributed by atoms with E-state index in [2.05, 4.69) is 0 Å². The highest BCUT2D eigenvalue weighted by Gasteiger charge is 2.28. The molecule has 0 aliphatic rings. The van der Waals surface area contributed by atoms with Crippen molar-refractivity contribution in [2.45, 2.75) is 40.0 Å². The van der Waals surface area contributed by atoms with Gasteiger partial charge >= 0.3 is 5.97 Å². The third kappa shape index (κ3) is 5.85. The van der Waals surface area contributed by atoms with Crippen LogP contribution in [0.1, 0.15) is 45.6 Å². The van der Waals surface area contributed by atoms with Gasteiger partial charge in [0.25, 0.3) is 0 Å². The molecular formula is C20H26O3. The summed E-state index contributed by atoms with van der Waals surface area (Å²) in [6.45, 7) is 7.74. The summed E-state index contributed by atoms with van der Waals surface area (Å²) in [4.78, 5) is 24.6. The summed E-state index contributed by atoms with van der Waals surface area (Å²) in [6.07, 6.45) is 5.75. The van der Waals surface area contributed by atoms with Gasteiger partial charge in [-0.2, -0.15) is 0 Å². The number of hydrogen-bond acceptors (Lipinski definition) is 3. The van der Waals surface area contributed by atoms with Gasteiger partial charge in [0, 0.05) is 11.8 Å². The Labute approximate surface area is 139 Å². The summed E-state index contributed by atoms with van der Waals surface area (Å²) in [5.41, 5.74) is 1.68. The van der Waals surface area contributed by atoms with Crippen molar-refractivity contribution in [3.05, 3.63) is 59.7 Å².